The summed E-state index contributed by atoms with van der Waals surface area (Å²) >= 11 is 3.29. The number of rotatable bonds is 5. The van der Waals surface area contributed by atoms with Gasteiger partial charge in [0.2, 0.25) is 5.91 Å². The minimum absolute atomic E-state index is 0.0292. The molecule has 1 atom stereocenters. The summed E-state index contributed by atoms with van der Waals surface area (Å²) in [4.78, 5) is 23.5. The van der Waals surface area contributed by atoms with Gasteiger partial charge in [-0.05, 0) is 31.5 Å². The standard InChI is InChI=1S/C15H15BrN2O4/c1-8-12(9(2)22-18-8)7-13(19)17-14(15(20)21)10-3-5-11(16)6-4-10/h3-6,14H,7H2,1-2H3,(H,17,19)(H,20,21). The molecule has 0 radical (unpaired) electrons. The van der Waals surface area contributed by atoms with Gasteiger partial charge >= 0.3 is 5.97 Å². The zero-order valence-corrected chi connectivity index (χ0v) is 13.7. The van der Waals surface area contributed by atoms with Crippen molar-refractivity contribution in [3.05, 3.63) is 51.3 Å². The summed E-state index contributed by atoms with van der Waals surface area (Å²) in [5.41, 5.74) is 1.81. The Labute approximate surface area is 135 Å². The number of hydrogen-bond donors (Lipinski definition) is 2. The summed E-state index contributed by atoms with van der Waals surface area (Å²) in [6, 6.07) is 5.66. The van der Waals surface area contributed by atoms with Crippen molar-refractivity contribution in [2.24, 2.45) is 0 Å². The molecule has 22 heavy (non-hydrogen) atoms. The maximum absolute atomic E-state index is 12.1. The second-order valence-electron chi connectivity index (χ2n) is 4.87. The van der Waals surface area contributed by atoms with E-state index < -0.39 is 17.9 Å². The van der Waals surface area contributed by atoms with Crippen molar-refractivity contribution in [1.82, 2.24) is 10.5 Å². The van der Waals surface area contributed by atoms with Crippen LogP contribution in [0.4, 0.5) is 0 Å². The third-order valence-electron chi connectivity index (χ3n) is 3.27. The molecule has 2 rings (SSSR count). The van der Waals surface area contributed by atoms with Gasteiger partial charge in [0.25, 0.3) is 0 Å². The van der Waals surface area contributed by atoms with Crippen molar-refractivity contribution < 1.29 is 19.2 Å². The van der Waals surface area contributed by atoms with E-state index in [1.165, 1.54) is 0 Å². The van der Waals surface area contributed by atoms with Crippen molar-refractivity contribution in [2.75, 3.05) is 0 Å². The normalized spacial score (nSPS) is 12.0. The molecule has 7 heteroatoms. The van der Waals surface area contributed by atoms with E-state index in [-0.39, 0.29) is 6.42 Å². The molecule has 0 aliphatic heterocycles. The highest BCUT2D eigenvalue weighted by molar-refractivity contribution is 9.10. The molecule has 1 heterocycles. The molecule has 0 bridgehead atoms. The van der Waals surface area contributed by atoms with E-state index in [0.29, 0.717) is 22.6 Å². The zero-order valence-electron chi connectivity index (χ0n) is 12.1. The molecule has 1 aromatic heterocycles. The molecular formula is C15H15BrN2O4. The van der Waals surface area contributed by atoms with Crippen LogP contribution in [0.1, 0.15) is 28.6 Å². The van der Waals surface area contributed by atoms with Crippen LogP contribution in [0, 0.1) is 13.8 Å². The first-order valence-corrected chi connectivity index (χ1v) is 7.37. The van der Waals surface area contributed by atoms with Crippen LogP contribution in [-0.4, -0.2) is 22.1 Å². The average molecular weight is 367 g/mol. The fourth-order valence-corrected chi connectivity index (χ4v) is 2.33. The first-order valence-electron chi connectivity index (χ1n) is 6.58. The Morgan fingerprint density at radius 3 is 2.45 bits per heavy atom. The van der Waals surface area contributed by atoms with Gasteiger partial charge in [-0.15, -0.1) is 0 Å². The number of nitrogens with zero attached hydrogens (tertiary/aromatic N) is 1. The number of aryl methyl sites for hydroxylation is 2. The van der Waals surface area contributed by atoms with E-state index in [0.717, 1.165) is 4.47 Å². The Balaban J connectivity index is 2.13. The van der Waals surface area contributed by atoms with Crippen LogP contribution in [0.25, 0.3) is 0 Å². The van der Waals surface area contributed by atoms with E-state index in [2.05, 4.69) is 26.4 Å². The van der Waals surface area contributed by atoms with Crippen LogP contribution in [0.2, 0.25) is 0 Å². The minimum Gasteiger partial charge on any atom is -0.479 e. The summed E-state index contributed by atoms with van der Waals surface area (Å²) in [7, 11) is 0. The Morgan fingerprint density at radius 1 is 1.32 bits per heavy atom. The number of carboxylic acid groups (broad SMARTS) is 1. The number of benzene rings is 1. The maximum Gasteiger partial charge on any atom is 0.330 e. The van der Waals surface area contributed by atoms with Crippen molar-refractivity contribution in [2.45, 2.75) is 26.3 Å². The van der Waals surface area contributed by atoms with E-state index in [4.69, 9.17) is 4.52 Å². The fourth-order valence-electron chi connectivity index (χ4n) is 2.07. The molecule has 116 valence electrons. The van der Waals surface area contributed by atoms with Crippen molar-refractivity contribution in [3.8, 4) is 0 Å². The first-order chi connectivity index (χ1) is 10.4. The zero-order chi connectivity index (χ0) is 16.3. The number of amides is 1. The van der Waals surface area contributed by atoms with E-state index in [1.807, 2.05) is 0 Å². The highest BCUT2D eigenvalue weighted by atomic mass is 79.9. The highest BCUT2D eigenvalue weighted by Gasteiger charge is 2.23. The molecule has 0 fully saturated rings. The average Bonchev–Trinajstić information content (AvgIpc) is 2.77. The molecule has 1 unspecified atom stereocenters. The lowest BCUT2D eigenvalue weighted by Crippen LogP contribution is -2.34. The lowest BCUT2D eigenvalue weighted by atomic mass is 10.1. The summed E-state index contributed by atoms with van der Waals surface area (Å²) in [6.07, 6.45) is 0.0292. The quantitative estimate of drug-likeness (QED) is 0.847. The molecule has 0 saturated carbocycles. The van der Waals surface area contributed by atoms with Gasteiger partial charge in [-0.1, -0.05) is 33.2 Å². The SMILES string of the molecule is Cc1noc(C)c1CC(=O)NC(C(=O)O)c1ccc(Br)cc1. The molecule has 0 aliphatic rings. The number of nitrogens with one attached hydrogen (secondary N) is 1. The second-order valence-corrected chi connectivity index (χ2v) is 5.79. The number of carboxylic acids is 1. The molecule has 0 spiro atoms. The predicted molar refractivity (Wildman–Crippen MR) is 82.3 cm³/mol. The van der Waals surface area contributed by atoms with Crippen LogP contribution in [-0.2, 0) is 16.0 Å². The topological polar surface area (TPSA) is 92.4 Å². The Bertz CT molecular complexity index is 675. The molecule has 2 N–H and O–H groups in total. The summed E-state index contributed by atoms with van der Waals surface area (Å²) in [6.45, 7) is 3.45. The van der Waals surface area contributed by atoms with Gasteiger partial charge < -0.3 is 14.9 Å². The minimum atomic E-state index is -1.12. The molecule has 1 aromatic carbocycles. The molecular weight excluding hydrogens is 352 g/mol. The lowest BCUT2D eigenvalue weighted by molar-refractivity contribution is -0.141. The number of hydrogen-bond acceptors (Lipinski definition) is 4. The third kappa shape index (κ3) is 3.73. The summed E-state index contributed by atoms with van der Waals surface area (Å²) in [5.74, 6) is -0.956. The fraction of sp³-hybridized carbons (Fsp3) is 0.267. The largest absolute Gasteiger partial charge is 0.479 e. The first kappa shape index (κ1) is 16.2. The number of halogens is 1. The third-order valence-corrected chi connectivity index (χ3v) is 3.80. The van der Waals surface area contributed by atoms with Crippen LogP contribution >= 0.6 is 15.9 Å². The van der Waals surface area contributed by atoms with Gasteiger partial charge in [0.15, 0.2) is 6.04 Å². The van der Waals surface area contributed by atoms with Crippen molar-refractivity contribution in [1.29, 1.82) is 0 Å². The monoisotopic (exact) mass is 366 g/mol. The number of aliphatic carboxylic acids is 1. The Kier molecular flexibility index (Phi) is 4.97. The molecule has 1 amide bonds. The van der Waals surface area contributed by atoms with Gasteiger partial charge in [-0.2, -0.15) is 0 Å². The van der Waals surface area contributed by atoms with Crippen LogP contribution in [0.15, 0.2) is 33.3 Å². The Morgan fingerprint density at radius 2 is 1.95 bits per heavy atom. The number of aromatic nitrogens is 1. The molecule has 2 aromatic rings. The molecule has 6 nitrogen and oxygen atoms in total. The van der Waals surface area contributed by atoms with Gasteiger partial charge in [0.1, 0.15) is 5.76 Å². The van der Waals surface area contributed by atoms with E-state index >= 15 is 0 Å². The summed E-state index contributed by atoms with van der Waals surface area (Å²) < 4.78 is 5.83. The van der Waals surface area contributed by atoms with Crippen molar-refractivity contribution >= 4 is 27.8 Å². The Hall–Kier alpha value is -2.15. The van der Waals surface area contributed by atoms with Crippen molar-refractivity contribution in [3.63, 3.8) is 0 Å². The number of carbonyl (C=O) groups is 2. The van der Waals surface area contributed by atoms with E-state index in [1.54, 1.807) is 38.1 Å². The smallest absolute Gasteiger partial charge is 0.330 e. The lowest BCUT2D eigenvalue weighted by Gasteiger charge is -2.15. The second kappa shape index (κ2) is 6.74. The molecule has 0 saturated heterocycles. The van der Waals surface area contributed by atoms with Gasteiger partial charge in [-0.25, -0.2) is 4.79 Å². The molecule has 0 aliphatic carbocycles. The highest BCUT2D eigenvalue weighted by Crippen LogP contribution is 2.18. The van der Waals surface area contributed by atoms with Crippen LogP contribution in [0.3, 0.4) is 0 Å². The van der Waals surface area contributed by atoms with Gasteiger partial charge in [0.05, 0.1) is 12.1 Å². The van der Waals surface area contributed by atoms with E-state index in [9.17, 15) is 14.7 Å². The van der Waals surface area contributed by atoms with Crippen LogP contribution < -0.4 is 5.32 Å². The van der Waals surface area contributed by atoms with Gasteiger partial charge in [-0.3, -0.25) is 4.79 Å². The maximum atomic E-state index is 12.1. The summed E-state index contributed by atoms with van der Waals surface area (Å²) in [5, 5.41) is 15.6. The predicted octanol–water partition coefficient (Wildman–Crippen LogP) is 2.54. The number of carbonyl (C=O) groups excluding carboxylic acids is 1. The van der Waals surface area contributed by atoms with Gasteiger partial charge in [0, 0.05) is 10.0 Å². The van der Waals surface area contributed by atoms with Crippen LogP contribution in [0.5, 0.6) is 0 Å².